The first-order valence-electron chi connectivity index (χ1n) is 15.6. The molecule has 5 heteroatoms. The van der Waals surface area contributed by atoms with Gasteiger partial charge in [-0.2, -0.15) is 0 Å². The second kappa shape index (κ2) is 12.3. The fraction of sp³-hybridized carbons (Fsp3) is 0.706. The van der Waals surface area contributed by atoms with Crippen molar-refractivity contribution < 1.29 is 4.74 Å². The minimum Gasteiger partial charge on any atom is -0.376 e. The number of nitrogens with zero attached hydrogens (tertiary/aromatic N) is 1. The molecule has 1 saturated heterocycles. The lowest BCUT2D eigenvalue weighted by atomic mass is 9.94. The zero-order chi connectivity index (χ0) is 28.3. The van der Waals surface area contributed by atoms with Gasteiger partial charge in [-0.1, -0.05) is 87.1 Å². The van der Waals surface area contributed by atoms with Gasteiger partial charge in [0.25, 0.3) is 0 Å². The Hall–Kier alpha value is -1.35. The molecule has 0 bridgehead atoms. The van der Waals surface area contributed by atoms with Crippen molar-refractivity contribution in [2.24, 2.45) is 17.8 Å². The Morgan fingerprint density at radius 3 is 2.05 bits per heavy atom. The molecule has 0 aromatic heterocycles. The average molecular weight is 563 g/mol. The van der Waals surface area contributed by atoms with Gasteiger partial charge in [-0.15, -0.1) is 0 Å². The quantitative estimate of drug-likeness (QED) is 0.226. The van der Waals surface area contributed by atoms with Gasteiger partial charge in [-0.05, 0) is 82.9 Å². The molecular formula is C34H54N2OSi2. The zero-order valence-corrected chi connectivity index (χ0v) is 28.1. The lowest BCUT2D eigenvalue weighted by Crippen LogP contribution is -2.65. The van der Waals surface area contributed by atoms with Crippen LogP contribution in [0.1, 0.15) is 65.4 Å². The van der Waals surface area contributed by atoms with Crippen molar-refractivity contribution in [3.63, 3.8) is 0 Å². The molecule has 4 rings (SSSR count). The highest BCUT2D eigenvalue weighted by atomic mass is 28.4. The van der Waals surface area contributed by atoms with E-state index < -0.39 is 16.5 Å². The molecule has 3 aliphatic rings. The molecule has 3 unspecified atom stereocenters. The highest BCUT2D eigenvalue weighted by Crippen LogP contribution is 2.43. The highest BCUT2D eigenvalue weighted by molar-refractivity contribution is 6.95. The lowest BCUT2D eigenvalue weighted by molar-refractivity contribution is 0.00650. The van der Waals surface area contributed by atoms with Crippen molar-refractivity contribution >= 4 is 16.5 Å². The Balaban J connectivity index is 1.47. The summed E-state index contributed by atoms with van der Waals surface area (Å²) in [5, 5.41) is 3.76. The highest BCUT2D eigenvalue weighted by Gasteiger charge is 2.54. The monoisotopic (exact) mass is 562 g/mol. The van der Waals surface area contributed by atoms with Crippen LogP contribution in [0, 0.1) is 41.4 Å². The van der Waals surface area contributed by atoms with Crippen LogP contribution in [-0.2, 0) is 11.2 Å². The van der Waals surface area contributed by atoms with Gasteiger partial charge in [0.2, 0.25) is 0 Å². The molecule has 1 aromatic rings. The van der Waals surface area contributed by atoms with Crippen LogP contribution in [0.4, 0.5) is 0 Å². The largest absolute Gasteiger partial charge is 0.376 e. The van der Waals surface area contributed by atoms with E-state index in [1.807, 2.05) is 0 Å². The Morgan fingerprint density at radius 1 is 0.923 bits per heavy atom. The van der Waals surface area contributed by atoms with Gasteiger partial charge in [0.15, 0.2) is 0 Å². The van der Waals surface area contributed by atoms with Gasteiger partial charge in [-0.25, -0.2) is 0 Å². The third kappa shape index (κ3) is 8.82. The van der Waals surface area contributed by atoms with E-state index in [1.54, 1.807) is 0 Å². The molecule has 214 valence electrons. The van der Waals surface area contributed by atoms with Crippen molar-refractivity contribution in [3.8, 4) is 23.7 Å². The first kappa shape index (κ1) is 30.6. The van der Waals surface area contributed by atoms with Crippen LogP contribution in [0.3, 0.4) is 0 Å². The fourth-order valence-corrected chi connectivity index (χ4v) is 22.1. The van der Waals surface area contributed by atoms with E-state index in [0.717, 1.165) is 26.0 Å². The third-order valence-corrected chi connectivity index (χ3v) is 19.5. The fourth-order valence-electron chi connectivity index (χ4n) is 6.57. The molecule has 1 aromatic carbocycles. The predicted octanol–water partition coefficient (Wildman–Crippen LogP) is 7.32. The predicted molar refractivity (Wildman–Crippen MR) is 172 cm³/mol. The summed E-state index contributed by atoms with van der Waals surface area (Å²) >= 11 is 0. The molecule has 3 nitrogen and oxygen atoms in total. The molecule has 2 saturated carbocycles. The minimum absolute atomic E-state index is 0.0831. The molecule has 2 aliphatic carbocycles. The van der Waals surface area contributed by atoms with Crippen molar-refractivity contribution in [1.29, 1.82) is 0 Å². The van der Waals surface area contributed by atoms with E-state index in [0.29, 0.717) is 17.8 Å². The van der Waals surface area contributed by atoms with Crippen LogP contribution in [0.15, 0.2) is 30.3 Å². The summed E-state index contributed by atoms with van der Waals surface area (Å²) in [4.78, 5) is 0. The standard InChI is InChI=1S/C34H54N2OSi2/c1-28(26-31-12-10-9-11-13-31)32(27-35-33(2,3)20-18-29-14-15-29)37-23-22-34(4,21-19-30-16-17-30)36-38(5,6)24-25-39(36,7)8/h9-13,28-30,32,35H,14-17,22-27H2,1-8H3. The molecule has 39 heavy (non-hydrogen) atoms. The Labute approximate surface area is 242 Å². The van der Waals surface area contributed by atoms with E-state index in [9.17, 15) is 0 Å². The molecule has 1 aliphatic heterocycles. The maximum Gasteiger partial charge on any atom is 0.116 e. The molecule has 0 amide bonds. The van der Waals surface area contributed by atoms with Crippen LogP contribution in [-0.4, -0.2) is 51.0 Å². The number of hydrogen-bond acceptors (Lipinski definition) is 3. The van der Waals surface area contributed by atoms with E-state index in [2.05, 4.69) is 117 Å². The first-order valence-corrected chi connectivity index (χ1v) is 21.9. The van der Waals surface area contributed by atoms with E-state index in [-0.39, 0.29) is 17.2 Å². The zero-order valence-electron chi connectivity index (χ0n) is 26.1. The van der Waals surface area contributed by atoms with Gasteiger partial charge >= 0.3 is 0 Å². The summed E-state index contributed by atoms with van der Waals surface area (Å²) in [6.07, 6.45) is 7.23. The summed E-state index contributed by atoms with van der Waals surface area (Å²) in [6, 6.07) is 13.7. The molecule has 0 spiro atoms. The maximum atomic E-state index is 6.85. The van der Waals surface area contributed by atoms with Crippen LogP contribution in [0.25, 0.3) is 0 Å². The van der Waals surface area contributed by atoms with Crippen LogP contribution < -0.4 is 5.32 Å². The average Bonchev–Trinajstić information content (AvgIpc) is 3.78. The Kier molecular flexibility index (Phi) is 9.62. The second-order valence-corrected chi connectivity index (χ2v) is 24.2. The Morgan fingerprint density at radius 2 is 1.49 bits per heavy atom. The van der Waals surface area contributed by atoms with Crippen molar-refractivity contribution in [1.82, 2.24) is 9.55 Å². The van der Waals surface area contributed by atoms with Gasteiger partial charge in [0.05, 0.1) is 17.2 Å². The van der Waals surface area contributed by atoms with Crippen molar-refractivity contribution in [2.45, 2.75) is 122 Å². The van der Waals surface area contributed by atoms with Crippen LogP contribution >= 0.6 is 0 Å². The first-order chi connectivity index (χ1) is 18.3. The number of hydrogen-bond donors (Lipinski definition) is 1. The number of rotatable bonds is 11. The summed E-state index contributed by atoms with van der Waals surface area (Å²) in [5.41, 5.74) is 1.09. The summed E-state index contributed by atoms with van der Waals surface area (Å²) < 4.78 is 9.85. The molecule has 3 fully saturated rings. The smallest absolute Gasteiger partial charge is 0.116 e. The van der Waals surface area contributed by atoms with Gasteiger partial charge in [0.1, 0.15) is 16.5 Å². The van der Waals surface area contributed by atoms with Crippen molar-refractivity contribution in [2.75, 3.05) is 13.2 Å². The number of nitrogens with one attached hydrogen (secondary N) is 1. The maximum absolute atomic E-state index is 6.85. The molecule has 0 radical (unpaired) electrons. The van der Waals surface area contributed by atoms with Crippen molar-refractivity contribution in [3.05, 3.63) is 35.9 Å². The molecular weight excluding hydrogens is 509 g/mol. The number of ether oxygens (including phenoxy) is 1. The van der Waals surface area contributed by atoms with Gasteiger partial charge in [-0.3, -0.25) is 5.32 Å². The third-order valence-electron chi connectivity index (χ3n) is 9.04. The second-order valence-electron chi connectivity index (χ2n) is 14.7. The van der Waals surface area contributed by atoms with E-state index in [4.69, 9.17) is 4.74 Å². The van der Waals surface area contributed by atoms with Gasteiger partial charge < -0.3 is 8.97 Å². The SMILES string of the molecule is CC(Cc1ccccc1)C(CNC(C)(C)C#CC1CC1)OCCC(C)(C#CC1CC1)N1[Si](C)(C)CC[Si]1(C)C. The minimum atomic E-state index is -1.49. The molecule has 3 atom stereocenters. The van der Waals surface area contributed by atoms with Crippen LogP contribution in [0.5, 0.6) is 0 Å². The lowest BCUT2D eigenvalue weighted by Gasteiger charge is -2.49. The Bertz CT molecular complexity index is 1070. The summed E-state index contributed by atoms with van der Waals surface area (Å²) in [6.45, 7) is 21.1. The van der Waals surface area contributed by atoms with E-state index >= 15 is 0 Å². The van der Waals surface area contributed by atoms with E-state index in [1.165, 1.54) is 43.3 Å². The topological polar surface area (TPSA) is 24.5 Å². The van der Waals surface area contributed by atoms with Crippen LogP contribution in [0.2, 0.25) is 38.3 Å². The molecule has 1 N–H and O–H groups in total. The molecule has 1 heterocycles. The summed E-state index contributed by atoms with van der Waals surface area (Å²) in [5.74, 6) is 16.2. The normalized spacial score (nSPS) is 23.6. The number of benzene rings is 1. The summed E-state index contributed by atoms with van der Waals surface area (Å²) in [7, 11) is -2.97. The van der Waals surface area contributed by atoms with Gasteiger partial charge in [0, 0.05) is 25.0 Å².